The van der Waals surface area contributed by atoms with E-state index in [1.54, 1.807) is 16.6 Å². The van der Waals surface area contributed by atoms with Crippen LogP contribution in [0.1, 0.15) is 28.2 Å². The summed E-state index contributed by atoms with van der Waals surface area (Å²) in [5.74, 6) is 0.905. The number of nitrogens with zero attached hydrogens (tertiary/aromatic N) is 5. The first kappa shape index (κ1) is 22.1. The molecule has 9 heteroatoms. The second kappa shape index (κ2) is 10.0. The minimum atomic E-state index is -0.128. The molecular formula is C25H24N6O2S. The fourth-order valence-electron chi connectivity index (χ4n) is 4.04. The molecule has 0 saturated heterocycles. The summed E-state index contributed by atoms with van der Waals surface area (Å²) < 4.78 is 1.68. The average molecular weight is 473 g/mol. The molecule has 0 saturated carbocycles. The molecule has 2 aromatic heterocycles. The van der Waals surface area contributed by atoms with E-state index in [9.17, 15) is 9.59 Å². The van der Waals surface area contributed by atoms with Crippen molar-refractivity contribution in [3.05, 3.63) is 83.7 Å². The van der Waals surface area contributed by atoms with Crippen molar-refractivity contribution in [2.45, 2.75) is 24.3 Å². The van der Waals surface area contributed by atoms with Crippen LogP contribution in [-0.4, -0.2) is 50.5 Å². The summed E-state index contributed by atoms with van der Waals surface area (Å²) in [6.45, 7) is 1.16. The van der Waals surface area contributed by atoms with Crippen LogP contribution >= 0.6 is 11.8 Å². The van der Waals surface area contributed by atoms with Gasteiger partial charge in [-0.05, 0) is 48.7 Å². The minimum absolute atomic E-state index is 0.0756. The Hall–Kier alpha value is -3.72. The highest BCUT2D eigenvalue weighted by molar-refractivity contribution is 7.99. The van der Waals surface area contributed by atoms with Crippen LogP contribution < -0.4 is 10.2 Å². The summed E-state index contributed by atoms with van der Waals surface area (Å²) in [5.41, 5.74) is 3.48. The Bertz CT molecular complexity index is 1320. The molecule has 4 aromatic rings. The molecule has 5 rings (SSSR count). The second-order valence-corrected chi connectivity index (χ2v) is 8.99. The summed E-state index contributed by atoms with van der Waals surface area (Å²) in [7, 11) is 0. The molecular weight excluding hydrogens is 448 g/mol. The molecule has 1 aliphatic rings. The molecule has 0 bridgehead atoms. The third kappa shape index (κ3) is 4.79. The van der Waals surface area contributed by atoms with Crippen LogP contribution in [0.25, 0.3) is 5.65 Å². The number of thioether (sulfide) groups is 1. The third-order valence-corrected chi connectivity index (χ3v) is 6.63. The van der Waals surface area contributed by atoms with E-state index < -0.39 is 0 Å². The van der Waals surface area contributed by atoms with Gasteiger partial charge in [0.15, 0.2) is 11.5 Å². The number of hydrogen-bond acceptors (Lipinski definition) is 6. The standard InChI is InChI=1S/C25H24N6O2S/c32-24(30-16-6-10-18-7-4-5-11-20(18)30)17-34-23-13-12-21-27-28-22(31(21)29-23)14-15-26-25(33)19-8-2-1-3-9-19/h1-5,7-9,11-13H,6,10,14-17H2,(H,26,33). The summed E-state index contributed by atoms with van der Waals surface area (Å²) in [4.78, 5) is 27.1. The first-order valence-corrected chi connectivity index (χ1v) is 12.2. The van der Waals surface area contributed by atoms with Gasteiger partial charge in [0.25, 0.3) is 5.91 Å². The fourth-order valence-corrected chi connectivity index (χ4v) is 4.77. The van der Waals surface area contributed by atoms with Gasteiger partial charge >= 0.3 is 0 Å². The largest absolute Gasteiger partial charge is 0.352 e. The predicted molar refractivity (Wildman–Crippen MR) is 131 cm³/mol. The second-order valence-electron chi connectivity index (χ2n) is 8.00. The van der Waals surface area contributed by atoms with Gasteiger partial charge in [-0.1, -0.05) is 48.2 Å². The molecule has 0 fully saturated rings. The van der Waals surface area contributed by atoms with Crippen LogP contribution in [0.15, 0.2) is 71.8 Å². The van der Waals surface area contributed by atoms with Crippen molar-refractivity contribution in [1.29, 1.82) is 0 Å². The average Bonchev–Trinajstić information content (AvgIpc) is 3.29. The molecule has 0 atom stereocenters. The molecule has 0 unspecified atom stereocenters. The lowest BCUT2D eigenvalue weighted by molar-refractivity contribution is -0.116. The first-order valence-electron chi connectivity index (χ1n) is 11.2. The van der Waals surface area contributed by atoms with Crippen LogP contribution in [0.4, 0.5) is 5.69 Å². The normalized spacial score (nSPS) is 13.0. The Morgan fingerprint density at radius 3 is 2.68 bits per heavy atom. The van der Waals surface area contributed by atoms with Gasteiger partial charge in [0.05, 0.1) is 5.75 Å². The number of amides is 2. The van der Waals surface area contributed by atoms with Gasteiger partial charge < -0.3 is 10.2 Å². The van der Waals surface area contributed by atoms with Crippen molar-refractivity contribution >= 4 is 34.9 Å². The van der Waals surface area contributed by atoms with Crippen LogP contribution in [0.2, 0.25) is 0 Å². The molecule has 34 heavy (non-hydrogen) atoms. The number of aromatic nitrogens is 4. The molecule has 8 nitrogen and oxygen atoms in total. The number of rotatable bonds is 7. The molecule has 3 heterocycles. The Labute approximate surface area is 201 Å². The van der Waals surface area contributed by atoms with E-state index >= 15 is 0 Å². The Balaban J connectivity index is 1.21. The third-order valence-electron chi connectivity index (χ3n) is 5.73. The zero-order valence-electron chi connectivity index (χ0n) is 18.6. The van der Waals surface area contributed by atoms with Gasteiger partial charge in [0.1, 0.15) is 5.03 Å². The number of anilines is 1. The Morgan fingerprint density at radius 2 is 1.79 bits per heavy atom. The van der Waals surface area contributed by atoms with Crippen molar-refractivity contribution in [3.8, 4) is 0 Å². The lowest BCUT2D eigenvalue weighted by atomic mass is 10.0. The van der Waals surface area contributed by atoms with Gasteiger partial charge in [0.2, 0.25) is 5.91 Å². The molecule has 0 aliphatic carbocycles. The maximum absolute atomic E-state index is 12.9. The molecule has 1 aliphatic heterocycles. The van der Waals surface area contributed by atoms with Crippen LogP contribution in [-0.2, 0) is 17.6 Å². The maximum Gasteiger partial charge on any atom is 0.251 e. The molecule has 2 amide bonds. The van der Waals surface area contributed by atoms with E-state index in [4.69, 9.17) is 0 Å². The topological polar surface area (TPSA) is 92.5 Å². The summed E-state index contributed by atoms with van der Waals surface area (Å²) >= 11 is 1.40. The Kier molecular flexibility index (Phi) is 6.53. The zero-order valence-corrected chi connectivity index (χ0v) is 19.4. The highest BCUT2D eigenvalue weighted by Gasteiger charge is 2.22. The number of benzene rings is 2. The number of nitrogens with one attached hydrogen (secondary N) is 1. The quantitative estimate of drug-likeness (QED) is 0.416. The molecule has 2 aromatic carbocycles. The van der Waals surface area contributed by atoms with Crippen molar-refractivity contribution in [2.75, 3.05) is 23.7 Å². The predicted octanol–water partition coefficient (Wildman–Crippen LogP) is 3.17. The number of hydrogen-bond donors (Lipinski definition) is 1. The van der Waals surface area contributed by atoms with Crippen molar-refractivity contribution in [2.24, 2.45) is 0 Å². The van der Waals surface area contributed by atoms with Gasteiger partial charge in [0, 0.05) is 30.8 Å². The monoisotopic (exact) mass is 472 g/mol. The number of fused-ring (bicyclic) bond motifs is 2. The zero-order chi connectivity index (χ0) is 23.3. The van der Waals surface area contributed by atoms with E-state index in [-0.39, 0.29) is 11.8 Å². The summed E-state index contributed by atoms with van der Waals surface area (Å²) in [5, 5.41) is 16.6. The fraction of sp³-hybridized carbons (Fsp3) is 0.240. The van der Waals surface area contributed by atoms with E-state index in [0.717, 1.165) is 30.1 Å². The number of carbonyl (C=O) groups excluding carboxylic acids is 2. The highest BCUT2D eigenvalue weighted by Crippen LogP contribution is 2.28. The van der Waals surface area contributed by atoms with Crippen LogP contribution in [0.5, 0.6) is 0 Å². The highest BCUT2D eigenvalue weighted by atomic mass is 32.2. The van der Waals surface area contributed by atoms with Gasteiger partial charge in [-0.3, -0.25) is 9.59 Å². The lowest BCUT2D eigenvalue weighted by Crippen LogP contribution is -2.36. The number of para-hydroxylation sites is 1. The molecule has 172 valence electrons. The summed E-state index contributed by atoms with van der Waals surface area (Å²) in [6, 6.07) is 20.9. The Morgan fingerprint density at radius 1 is 0.971 bits per heavy atom. The van der Waals surface area contributed by atoms with E-state index in [1.807, 2.05) is 53.4 Å². The van der Waals surface area contributed by atoms with E-state index in [2.05, 4.69) is 26.7 Å². The molecule has 0 radical (unpaired) electrons. The number of aryl methyl sites for hydroxylation is 1. The first-order chi connectivity index (χ1) is 16.7. The molecule has 0 spiro atoms. The van der Waals surface area contributed by atoms with E-state index in [1.165, 1.54) is 17.3 Å². The van der Waals surface area contributed by atoms with Gasteiger partial charge in [-0.15, -0.1) is 10.2 Å². The molecule has 1 N–H and O–H groups in total. The van der Waals surface area contributed by atoms with Gasteiger partial charge in [-0.25, -0.2) is 0 Å². The lowest BCUT2D eigenvalue weighted by Gasteiger charge is -2.29. The maximum atomic E-state index is 12.9. The number of carbonyl (C=O) groups is 2. The van der Waals surface area contributed by atoms with Crippen molar-refractivity contribution < 1.29 is 9.59 Å². The van der Waals surface area contributed by atoms with Gasteiger partial charge in [-0.2, -0.15) is 9.61 Å². The van der Waals surface area contributed by atoms with Crippen molar-refractivity contribution in [3.63, 3.8) is 0 Å². The van der Waals surface area contributed by atoms with E-state index in [0.29, 0.717) is 35.8 Å². The van der Waals surface area contributed by atoms with Crippen molar-refractivity contribution in [1.82, 2.24) is 25.1 Å². The summed E-state index contributed by atoms with van der Waals surface area (Å²) in [6.07, 6.45) is 2.47. The SMILES string of the molecule is O=C(NCCc1nnc2ccc(SCC(=O)N3CCCc4ccccc43)nn12)c1ccccc1. The smallest absolute Gasteiger partial charge is 0.251 e. The minimum Gasteiger partial charge on any atom is -0.352 e. The van der Waals surface area contributed by atoms with Crippen LogP contribution in [0.3, 0.4) is 0 Å². The van der Waals surface area contributed by atoms with Crippen LogP contribution in [0, 0.1) is 0 Å².